The predicted molar refractivity (Wildman–Crippen MR) is 94.6 cm³/mol. The number of aliphatic hydroxyl groups is 1. The number of rotatable bonds is 6. The fourth-order valence-electron chi connectivity index (χ4n) is 2.83. The van der Waals surface area contributed by atoms with Gasteiger partial charge in [-0.3, -0.25) is 4.79 Å². The Balaban J connectivity index is 2.02. The summed E-state index contributed by atoms with van der Waals surface area (Å²) in [6.07, 6.45) is -0.930. The second-order valence-electron chi connectivity index (χ2n) is 6.01. The molecule has 3 rings (SSSR count). The summed E-state index contributed by atoms with van der Waals surface area (Å²) in [4.78, 5) is 23.7. The van der Waals surface area contributed by atoms with Gasteiger partial charge in [-0.1, -0.05) is 18.2 Å². The maximum absolute atomic E-state index is 13.1. The summed E-state index contributed by atoms with van der Waals surface area (Å²) in [5.41, 5.74) is 1.90. The summed E-state index contributed by atoms with van der Waals surface area (Å²) >= 11 is 0. The molecule has 6 nitrogen and oxygen atoms in total. The van der Waals surface area contributed by atoms with Crippen LogP contribution in [-0.2, 0) is 4.79 Å². The minimum absolute atomic E-state index is 0.222. The molecule has 3 aromatic rings. The van der Waals surface area contributed by atoms with Crippen molar-refractivity contribution in [2.45, 2.75) is 20.0 Å². The maximum atomic E-state index is 13.1. The van der Waals surface area contributed by atoms with Crippen LogP contribution in [0.1, 0.15) is 40.3 Å². The fraction of sp³-hybridized carbons (Fsp3) is 0.200. The van der Waals surface area contributed by atoms with Crippen molar-refractivity contribution in [1.29, 1.82) is 0 Å². The number of aliphatic carboxylic acids is 1. The quantitative estimate of drug-likeness (QED) is 0.658. The normalized spacial score (nSPS) is 12.1. The van der Waals surface area contributed by atoms with E-state index in [9.17, 15) is 14.7 Å². The molecule has 6 heteroatoms. The molecule has 0 fully saturated rings. The van der Waals surface area contributed by atoms with Gasteiger partial charge in [-0.2, -0.15) is 0 Å². The highest BCUT2D eigenvalue weighted by Crippen LogP contribution is 2.32. The van der Waals surface area contributed by atoms with E-state index < -0.39 is 18.7 Å². The number of benzene rings is 2. The third kappa shape index (κ3) is 3.32. The molecule has 0 spiro atoms. The van der Waals surface area contributed by atoms with Crippen molar-refractivity contribution < 1.29 is 29.0 Å². The number of aryl methyl sites for hydroxylation is 1. The summed E-state index contributed by atoms with van der Waals surface area (Å²) in [5.74, 6) is -0.730. The SMILES string of the molecule is Cc1cc(C(=O)c2c(C(C)O)oc3ccccc23)ccc1OCC(=O)O. The number of para-hydroxylation sites is 1. The number of hydrogen-bond acceptors (Lipinski definition) is 5. The van der Waals surface area contributed by atoms with Crippen LogP contribution >= 0.6 is 0 Å². The van der Waals surface area contributed by atoms with Crippen LogP contribution in [0.5, 0.6) is 5.75 Å². The second kappa shape index (κ2) is 7.01. The van der Waals surface area contributed by atoms with Gasteiger partial charge in [-0.05, 0) is 43.7 Å². The average molecular weight is 354 g/mol. The fourth-order valence-corrected chi connectivity index (χ4v) is 2.83. The van der Waals surface area contributed by atoms with Gasteiger partial charge in [-0.15, -0.1) is 0 Å². The molecule has 2 N–H and O–H groups in total. The number of fused-ring (bicyclic) bond motifs is 1. The van der Waals surface area contributed by atoms with Gasteiger partial charge in [0.25, 0.3) is 0 Å². The number of furan rings is 1. The molecule has 0 amide bonds. The second-order valence-corrected chi connectivity index (χ2v) is 6.01. The van der Waals surface area contributed by atoms with Crippen LogP contribution in [0.3, 0.4) is 0 Å². The Hall–Kier alpha value is -3.12. The highest BCUT2D eigenvalue weighted by atomic mass is 16.5. The number of carboxylic acid groups (broad SMARTS) is 1. The summed E-state index contributed by atoms with van der Waals surface area (Å²) in [7, 11) is 0. The molecule has 1 heterocycles. The lowest BCUT2D eigenvalue weighted by molar-refractivity contribution is -0.139. The Morgan fingerprint density at radius 1 is 1.19 bits per heavy atom. The molecule has 0 aliphatic rings. The van der Waals surface area contributed by atoms with Crippen molar-refractivity contribution in [3.63, 3.8) is 0 Å². The molecular formula is C20H18O6. The molecule has 0 saturated carbocycles. The van der Waals surface area contributed by atoms with Crippen molar-refractivity contribution in [1.82, 2.24) is 0 Å². The summed E-state index contributed by atoms with van der Waals surface area (Å²) < 4.78 is 10.8. The first-order valence-electron chi connectivity index (χ1n) is 8.08. The Morgan fingerprint density at radius 3 is 2.58 bits per heavy atom. The topological polar surface area (TPSA) is 97.0 Å². The zero-order valence-electron chi connectivity index (χ0n) is 14.4. The zero-order chi connectivity index (χ0) is 18.8. The monoisotopic (exact) mass is 354 g/mol. The van der Waals surface area contributed by atoms with E-state index in [4.69, 9.17) is 14.3 Å². The van der Waals surface area contributed by atoms with Gasteiger partial charge in [0.15, 0.2) is 12.4 Å². The zero-order valence-corrected chi connectivity index (χ0v) is 14.4. The van der Waals surface area contributed by atoms with Crippen molar-refractivity contribution in [3.05, 3.63) is 64.9 Å². The molecule has 0 radical (unpaired) electrons. The lowest BCUT2D eigenvalue weighted by atomic mass is 9.97. The lowest BCUT2D eigenvalue weighted by Crippen LogP contribution is -2.11. The van der Waals surface area contributed by atoms with Crippen LogP contribution in [-0.4, -0.2) is 28.6 Å². The Morgan fingerprint density at radius 2 is 1.92 bits per heavy atom. The number of carbonyl (C=O) groups is 2. The van der Waals surface area contributed by atoms with Crippen LogP contribution in [0.15, 0.2) is 46.9 Å². The van der Waals surface area contributed by atoms with E-state index in [-0.39, 0.29) is 11.5 Å². The van der Waals surface area contributed by atoms with E-state index in [0.717, 1.165) is 0 Å². The molecule has 1 aromatic heterocycles. The van der Waals surface area contributed by atoms with E-state index in [2.05, 4.69) is 0 Å². The van der Waals surface area contributed by atoms with E-state index in [1.807, 2.05) is 0 Å². The van der Waals surface area contributed by atoms with Crippen molar-refractivity contribution >= 4 is 22.7 Å². The number of aliphatic hydroxyl groups excluding tert-OH is 1. The van der Waals surface area contributed by atoms with E-state index >= 15 is 0 Å². The molecule has 0 bridgehead atoms. The third-order valence-electron chi connectivity index (χ3n) is 4.02. The van der Waals surface area contributed by atoms with Crippen molar-refractivity contribution in [2.24, 2.45) is 0 Å². The molecule has 2 aromatic carbocycles. The van der Waals surface area contributed by atoms with Gasteiger partial charge < -0.3 is 19.4 Å². The third-order valence-corrected chi connectivity index (χ3v) is 4.02. The molecule has 0 saturated heterocycles. The number of carboxylic acids is 1. The first kappa shape index (κ1) is 17.7. The molecule has 0 aliphatic heterocycles. The standard InChI is InChI=1S/C20H18O6/c1-11-9-13(7-8-15(11)25-10-17(22)23)19(24)18-14-5-3-4-6-16(14)26-20(18)12(2)21/h3-9,12,21H,10H2,1-2H3,(H,22,23). The largest absolute Gasteiger partial charge is 0.482 e. The maximum Gasteiger partial charge on any atom is 0.341 e. The van der Waals surface area contributed by atoms with Crippen molar-refractivity contribution in [2.75, 3.05) is 6.61 Å². The number of ketones is 1. The minimum Gasteiger partial charge on any atom is -0.482 e. The van der Waals surface area contributed by atoms with E-state index in [0.29, 0.717) is 33.4 Å². The van der Waals surface area contributed by atoms with Gasteiger partial charge in [0.2, 0.25) is 0 Å². The number of ether oxygens (including phenoxy) is 1. The van der Waals surface area contributed by atoms with Gasteiger partial charge in [0.05, 0.1) is 5.56 Å². The first-order valence-corrected chi connectivity index (χ1v) is 8.08. The van der Waals surface area contributed by atoms with E-state index in [1.165, 1.54) is 0 Å². The molecule has 1 atom stereocenters. The van der Waals surface area contributed by atoms with Crippen LogP contribution in [0.4, 0.5) is 0 Å². The molecule has 26 heavy (non-hydrogen) atoms. The highest BCUT2D eigenvalue weighted by molar-refractivity contribution is 6.17. The molecular weight excluding hydrogens is 336 g/mol. The lowest BCUT2D eigenvalue weighted by Gasteiger charge is -2.09. The Kier molecular flexibility index (Phi) is 4.77. The summed E-state index contributed by atoms with van der Waals surface area (Å²) in [6.45, 7) is 2.83. The highest BCUT2D eigenvalue weighted by Gasteiger charge is 2.24. The van der Waals surface area contributed by atoms with Crippen LogP contribution in [0, 0.1) is 6.92 Å². The van der Waals surface area contributed by atoms with E-state index in [1.54, 1.807) is 56.3 Å². The number of hydrogen-bond donors (Lipinski definition) is 2. The summed E-state index contributed by atoms with van der Waals surface area (Å²) in [5, 5.41) is 19.3. The van der Waals surface area contributed by atoms with Crippen molar-refractivity contribution in [3.8, 4) is 5.75 Å². The molecule has 0 aliphatic carbocycles. The van der Waals surface area contributed by atoms with Crippen LogP contribution < -0.4 is 4.74 Å². The Bertz CT molecular complexity index is 983. The Labute approximate surface area is 149 Å². The number of carbonyl (C=O) groups excluding carboxylic acids is 1. The van der Waals surface area contributed by atoms with Gasteiger partial charge >= 0.3 is 5.97 Å². The molecule has 1 unspecified atom stereocenters. The summed E-state index contributed by atoms with van der Waals surface area (Å²) in [6, 6.07) is 11.9. The minimum atomic E-state index is -1.07. The van der Waals surface area contributed by atoms with Gasteiger partial charge in [-0.25, -0.2) is 4.79 Å². The van der Waals surface area contributed by atoms with Gasteiger partial charge in [0.1, 0.15) is 23.2 Å². The molecule has 134 valence electrons. The van der Waals surface area contributed by atoms with Crippen LogP contribution in [0.2, 0.25) is 0 Å². The average Bonchev–Trinajstić information content (AvgIpc) is 2.99. The first-order chi connectivity index (χ1) is 12.4. The van der Waals surface area contributed by atoms with Gasteiger partial charge in [0, 0.05) is 10.9 Å². The smallest absolute Gasteiger partial charge is 0.341 e. The van der Waals surface area contributed by atoms with Crippen LogP contribution in [0.25, 0.3) is 11.0 Å². The predicted octanol–water partition coefficient (Wildman–Crippen LogP) is 3.49.